The number of aromatic carboxylic acids is 1. The Morgan fingerprint density at radius 2 is 1.89 bits per heavy atom. The normalized spacial score (nSPS) is 16.5. The summed E-state index contributed by atoms with van der Waals surface area (Å²) in [6, 6.07) is 12.2. The zero-order valence-electron chi connectivity index (χ0n) is 22.8. The second-order valence-corrected chi connectivity index (χ2v) is 10.3. The highest BCUT2D eigenvalue weighted by Crippen LogP contribution is 2.32. The Balaban J connectivity index is 1.26. The van der Waals surface area contributed by atoms with Crippen LogP contribution in [0.3, 0.4) is 0 Å². The van der Waals surface area contributed by atoms with Gasteiger partial charge in [-0.05, 0) is 29.8 Å². The molecule has 0 saturated carbocycles. The van der Waals surface area contributed by atoms with Gasteiger partial charge in [0.25, 0.3) is 5.91 Å². The van der Waals surface area contributed by atoms with Gasteiger partial charge in [0, 0.05) is 17.4 Å². The number of aromatic amines is 1. The molecule has 7 N–H and O–H groups in total. The Kier molecular flexibility index (Phi) is 6.91. The summed E-state index contributed by atoms with van der Waals surface area (Å²) in [5.41, 5.74) is 11.6. The molecule has 0 bridgehead atoms. The van der Waals surface area contributed by atoms with E-state index in [1.807, 2.05) is 0 Å². The minimum atomic E-state index is -1.51. The van der Waals surface area contributed by atoms with E-state index in [9.17, 15) is 28.7 Å². The maximum atomic E-state index is 15.8. The van der Waals surface area contributed by atoms with Crippen LogP contribution >= 0.6 is 0 Å². The number of rotatable bonds is 7. The lowest BCUT2D eigenvalue weighted by Crippen LogP contribution is -2.44. The van der Waals surface area contributed by atoms with Crippen LogP contribution in [0.15, 0.2) is 54.6 Å². The van der Waals surface area contributed by atoms with Crippen LogP contribution in [0.2, 0.25) is 0 Å². The van der Waals surface area contributed by atoms with Gasteiger partial charge in [0.1, 0.15) is 24.3 Å². The third-order valence-electron chi connectivity index (χ3n) is 7.45. The van der Waals surface area contributed by atoms with Crippen LogP contribution < -0.4 is 16.8 Å². The first-order chi connectivity index (χ1) is 21.0. The molecule has 5 aromatic rings. The van der Waals surface area contributed by atoms with Crippen molar-refractivity contribution >= 4 is 57.3 Å². The van der Waals surface area contributed by atoms with E-state index in [1.165, 1.54) is 35.0 Å². The fourth-order valence-corrected chi connectivity index (χ4v) is 5.48. The number of para-hydroxylation sites is 1. The van der Waals surface area contributed by atoms with Crippen LogP contribution in [-0.4, -0.2) is 72.2 Å². The number of nitrogens with two attached hydrogens (primary N) is 2. The minimum absolute atomic E-state index is 0.0166. The molecule has 13 nitrogen and oxygen atoms in total. The van der Waals surface area contributed by atoms with E-state index in [2.05, 4.69) is 20.4 Å². The number of carboxylic acid groups (broad SMARTS) is 1. The van der Waals surface area contributed by atoms with Crippen LogP contribution in [0.1, 0.15) is 27.3 Å². The van der Waals surface area contributed by atoms with Crippen molar-refractivity contribution in [2.24, 2.45) is 5.73 Å². The van der Waals surface area contributed by atoms with E-state index in [0.717, 1.165) is 4.90 Å². The number of halogens is 2. The number of nitrogen functional groups attached to an aromatic ring is 1. The van der Waals surface area contributed by atoms with E-state index < -0.39 is 48.3 Å². The second kappa shape index (κ2) is 10.8. The molecule has 1 fully saturated rings. The standard InChI is InChI=1S/C29H24F2N8O5/c30-14-10-21(38(11-14)22(40)12-39-20-7-2-1-4-16(20)25(37-39)26(32)41)27(42)34-18-6-3-5-15(23(18)31)13-8-17(28(43)44)24-19(9-13)35-29(33)36-24/h1-9,14,21H,10-12H2,(H2,32,41)(H,34,42)(H,43,44)(H3,33,35,36)/t14?,21-/m0/s1. The molecule has 2 aromatic heterocycles. The maximum absolute atomic E-state index is 15.8. The summed E-state index contributed by atoms with van der Waals surface area (Å²) in [6.45, 7) is -0.771. The molecule has 1 aliphatic rings. The number of fused-ring (bicyclic) bond motifs is 2. The average molecular weight is 603 g/mol. The average Bonchev–Trinajstić information content (AvgIpc) is 3.67. The molecule has 6 rings (SSSR count). The number of alkyl halides is 1. The molecule has 0 aliphatic carbocycles. The van der Waals surface area contributed by atoms with Gasteiger partial charge < -0.3 is 31.8 Å². The number of hydrogen-bond acceptors (Lipinski definition) is 7. The van der Waals surface area contributed by atoms with Crippen molar-refractivity contribution in [3.05, 3.63) is 71.7 Å². The van der Waals surface area contributed by atoms with Crippen molar-refractivity contribution < 1.29 is 33.1 Å². The Morgan fingerprint density at radius 3 is 2.64 bits per heavy atom. The molecule has 224 valence electrons. The molecular weight excluding hydrogens is 578 g/mol. The Labute approximate surface area is 246 Å². The highest BCUT2D eigenvalue weighted by Gasteiger charge is 2.40. The number of anilines is 2. The lowest BCUT2D eigenvalue weighted by molar-refractivity contribution is -0.137. The highest BCUT2D eigenvalue weighted by atomic mass is 19.1. The molecule has 1 unspecified atom stereocenters. The zero-order valence-corrected chi connectivity index (χ0v) is 22.8. The number of carbonyl (C=O) groups excluding carboxylic acids is 3. The molecule has 3 amide bonds. The Bertz CT molecular complexity index is 2000. The number of H-pyrrole nitrogens is 1. The Hall–Kier alpha value is -5.86. The van der Waals surface area contributed by atoms with Gasteiger partial charge in [0.2, 0.25) is 11.8 Å². The predicted molar refractivity (Wildman–Crippen MR) is 155 cm³/mol. The van der Waals surface area contributed by atoms with E-state index in [1.54, 1.807) is 24.3 Å². The number of aromatic nitrogens is 4. The minimum Gasteiger partial charge on any atom is -0.478 e. The molecule has 15 heteroatoms. The van der Waals surface area contributed by atoms with Gasteiger partial charge >= 0.3 is 5.97 Å². The van der Waals surface area contributed by atoms with Gasteiger partial charge in [0.05, 0.1) is 28.8 Å². The monoisotopic (exact) mass is 602 g/mol. The topological polar surface area (TPSA) is 202 Å². The lowest BCUT2D eigenvalue weighted by Gasteiger charge is -2.24. The highest BCUT2D eigenvalue weighted by molar-refractivity contribution is 6.05. The fraction of sp³-hybridized carbons (Fsp3) is 0.172. The van der Waals surface area contributed by atoms with Crippen molar-refractivity contribution in [2.45, 2.75) is 25.2 Å². The van der Waals surface area contributed by atoms with Gasteiger partial charge in [-0.3, -0.25) is 19.1 Å². The van der Waals surface area contributed by atoms with Crippen molar-refractivity contribution in [2.75, 3.05) is 17.6 Å². The molecule has 3 heterocycles. The van der Waals surface area contributed by atoms with Crippen LogP contribution in [0.25, 0.3) is 33.1 Å². The van der Waals surface area contributed by atoms with E-state index >= 15 is 4.39 Å². The maximum Gasteiger partial charge on any atom is 0.338 e. The van der Waals surface area contributed by atoms with Gasteiger partial charge in [-0.25, -0.2) is 18.6 Å². The first kappa shape index (κ1) is 28.3. The van der Waals surface area contributed by atoms with Crippen LogP contribution in [0.5, 0.6) is 0 Å². The molecule has 0 spiro atoms. The van der Waals surface area contributed by atoms with Gasteiger partial charge in [-0.2, -0.15) is 5.10 Å². The van der Waals surface area contributed by atoms with Crippen LogP contribution in [0, 0.1) is 5.82 Å². The van der Waals surface area contributed by atoms with Crippen LogP contribution in [-0.2, 0) is 16.1 Å². The van der Waals surface area contributed by atoms with E-state index in [0.29, 0.717) is 10.9 Å². The van der Waals surface area contributed by atoms with Crippen molar-refractivity contribution in [3.63, 3.8) is 0 Å². The number of imidazole rings is 1. The van der Waals surface area contributed by atoms with Gasteiger partial charge in [0.15, 0.2) is 17.5 Å². The molecule has 2 atom stereocenters. The summed E-state index contributed by atoms with van der Waals surface area (Å²) in [7, 11) is 0. The number of carbonyl (C=O) groups is 4. The smallest absolute Gasteiger partial charge is 0.338 e. The van der Waals surface area contributed by atoms with E-state index in [-0.39, 0.29) is 58.0 Å². The fourth-order valence-electron chi connectivity index (χ4n) is 5.48. The van der Waals surface area contributed by atoms with Gasteiger partial charge in [-0.1, -0.05) is 30.3 Å². The number of nitrogens with zero attached hydrogens (tertiary/aromatic N) is 4. The molecule has 1 aliphatic heterocycles. The molecule has 0 radical (unpaired) electrons. The Morgan fingerprint density at radius 1 is 1.11 bits per heavy atom. The van der Waals surface area contributed by atoms with E-state index in [4.69, 9.17) is 11.5 Å². The summed E-state index contributed by atoms with van der Waals surface area (Å²) < 4.78 is 31.6. The van der Waals surface area contributed by atoms with Crippen molar-refractivity contribution in [1.82, 2.24) is 24.6 Å². The van der Waals surface area contributed by atoms with Crippen LogP contribution in [0.4, 0.5) is 20.4 Å². The summed E-state index contributed by atoms with van der Waals surface area (Å²) in [5.74, 6) is -4.44. The number of hydrogen-bond donors (Lipinski definition) is 5. The quantitative estimate of drug-likeness (QED) is 0.187. The number of amides is 3. The predicted octanol–water partition coefficient (Wildman–Crippen LogP) is 2.68. The summed E-state index contributed by atoms with van der Waals surface area (Å²) >= 11 is 0. The summed E-state index contributed by atoms with van der Waals surface area (Å²) in [4.78, 5) is 58.1. The summed E-state index contributed by atoms with van der Waals surface area (Å²) in [6.07, 6.45) is -1.82. The zero-order chi connectivity index (χ0) is 31.3. The third-order valence-corrected chi connectivity index (χ3v) is 7.45. The lowest BCUT2D eigenvalue weighted by atomic mass is 10.0. The summed E-state index contributed by atoms with van der Waals surface area (Å²) in [5, 5.41) is 16.7. The molecular formula is C29H24F2N8O5. The number of likely N-dealkylation sites (tertiary alicyclic amines) is 1. The molecule has 3 aromatic carbocycles. The van der Waals surface area contributed by atoms with Crippen molar-refractivity contribution in [1.29, 1.82) is 0 Å². The number of nitrogens with one attached hydrogen (secondary N) is 2. The van der Waals surface area contributed by atoms with Crippen molar-refractivity contribution in [3.8, 4) is 11.1 Å². The largest absolute Gasteiger partial charge is 0.478 e. The molecule has 1 saturated heterocycles. The number of primary amides is 1. The van der Waals surface area contributed by atoms with Gasteiger partial charge in [-0.15, -0.1) is 0 Å². The first-order valence-corrected chi connectivity index (χ1v) is 13.3. The number of carboxylic acids is 1. The first-order valence-electron chi connectivity index (χ1n) is 13.3. The number of benzene rings is 3. The second-order valence-electron chi connectivity index (χ2n) is 10.3. The SMILES string of the molecule is NC(=O)c1nn(CC(=O)N2CC(F)C[C@H]2C(=O)Nc2cccc(-c3cc(C(=O)O)c4nc(N)[nH]c4c3)c2F)c2ccccc12. The molecule has 44 heavy (non-hydrogen) atoms. The third kappa shape index (κ3) is 4.93.